The number of anilines is 1. The summed E-state index contributed by atoms with van der Waals surface area (Å²) in [5.74, 6) is 0.695. The number of carbonyl (C=O) groups excluding carboxylic acids is 2. The molecule has 9 nitrogen and oxygen atoms in total. The van der Waals surface area contributed by atoms with Crippen molar-refractivity contribution < 1.29 is 9.59 Å². The van der Waals surface area contributed by atoms with Crippen molar-refractivity contribution in [3.8, 4) is 0 Å². The molecule has 2 heterocycles. The van der Waals surface area contributed by atoms with Gasteiger partial charge in [-0.15, -0.1) is 23.1 Å². The van der Waals surface area contributed by atoms with E-state index in [-0.39, 0.29) is 11.9 Å². The van der Waals surface area contributed by atoms with Gasteiger partial charge in [0.15, 0.2) is 5.96 Å². The summed E-state index contributed by atoms with van der Waals surface area (Å²) in [4.78, 5) is 36.3. The highest BCUT2D eigenvalue weighted by atomic mass is 32.2. The van der Waals surface area contributed by atoms with Gasteiger partial charge in [-0.2, -0.15) is 0 Å². The van der Waals surface area contributed by atoms with E-state index in [2.05, 4.69) is 25.6 Å². The van der Waals surface area contributed by atoms with E-state index < -0.39 is 6.04 Å². The fraction of sp³-hybridized carbons (Fsp3) is 0.353. The predicted octanol–water partition coefficient (Wildman–Crippen LogP) is 0.896. The monoisotopic (exact) mass is 419 g/mol. The fourth-order valence-electron chi connectivity index (χ4n) is 2.66. The van der Waals surface area contributed by atoms with Crippen LogP contribution in [0.25, 0.3) is 10.2 Å². The van der Waals surface area contributed by atoms with Gasteiger partial charge in [0.1, 0.15) is 16.1 Å². The van der Waals surface area contributed by atoms with Crippen LogP contribution in [-0.4, -0.2) is 53.2 Å². The maximum atomic E-state index is 12.5. The standard InChI is InChI=1S/C17H21N7O2S2/c18-17(19)21-5-1-2-12(22-9-25)14(26)23-10-3-4-11-13(8-10)28-16(24-11)15-20-6-7-27-15/h3-4,8-9,12H,1-2,5-7H2,(H,22,25)(H,23,26)(H4,18,19,21). The maximum Gasteiger partial charge on any atom is 0.246 e. The van der Waals surface area contributed by atoms with Crippen LogP contribution >= 0.6 is 23.1 Å². The number of hydrogen-bond acceptors (Lipinski definition) is 7. The van der Waals surface area contributed by atoms with Gasteiger partial charge >= 0.3 is 0 Å². The molecule has 11 heteroatoms. The van der Waals surface area contributed by atoms with E-state index in [4.69, 9.17) is 11.5 Å². The van der Waals surface area contributed by atoms with Gasteiger partial charge in [-0.1, -0.05) is 0 Å². The van der Waals surface area contributed by atoms with Crippen LogP contribution in [0.1, 0.15) is 17.8 Å². The Labute approximate surface area is 170 Å². The molecule has 1 atom stereocenters. The summed E-state index contributed by atoms with van der Waals surface area (Å²) in [6.45, 7) is 1.22. The summed E-state index contributed by atoms with van der Waals surface area (Å²) in [7, 11) is 0. The first-order valence-corrected chi connectivity index (χ1v) is 10.5. The number of hydrogen-bond donors (Lipinski definition) is 4. The highest BCUT2D eigenvalue weighted by Gasteiger charge is 2.18. The van der Waals surface area contributed by atoms with Crippen LogP contribution in [0.4, 0.5) is 5.69 Å². The summed E-state index contributed by atoms with van der Waals surface area (Å²) >= 11 is 3.26. The lowest BCUT2D eigenvalue weighted by atomic mass is 10.1. The quantitative estimate of drug-likeness (QED) is 0.205. The number of amides is 2. The van der Waals surface area contributed by atoms with Gasteiger partial charge in [-0.25, -0.2) is 4.98 Å². The minimum atomic E-state index is -0.663. The molecule has 1 aliphatic rings. The van der Waals surface area contributed by atoms with Gasteiger partial charge in [-0.3, -0.25) is 19.6 Å². The topological polar surface area (TPSA) is 148 Å². The molecule has 0 spiro atoms. The zero-order valence-corrected chi connectivity index (χ0v) is 16.7. The number of nitrogens with two attached hydrogens (primary N) is 2. The third kappa shape index (κ3) is 5.20. The molecule has 0 saturated heterocycles. The van der Waals surface area contributed by atoms with Crippen molar-refractivity contribution >= 4 is 62.3 Å². The highest BCUT2D eigenvalue weighted by molar-refractivity contribution is 8.15. The van der Waals surface area contributed by atoms with Crippen LogP contribution in [0.2, 0.25) is 0 Å². The van der Waals surface area contributed by atoms with Crippen LogP contribution in [0.3, 0.4) is 0 Å². The van der Waals surface area contributed by atoms with Gasteiger partial charge < -0.3 is 22.1 Å². The van der Waals surface area contributed by atoms with Gasteiger partial charge in [-0.05, 0) is 31.0 Å². The lowest BCUT2D eigenvalue weighted by Crippen LogP contribution is -2.40. The zero-order valence-electron chi connectivity index (χ0n) is 15.1. The number of nitrogens with zero attached hydrogens (tertiary/aromatic N) is 3. The van der Waals surface area contributed by atoms with Crippen molar-refractivity contribution in [1.82, 2.24) is 10.3 Å². The van der Waals surface area contributed by atoms with Gasteiger partial charge in [0.2, 0.25) is 12.3 Å². The Kier molecular flexibility index (Phi) is 6.82. The number of carbonyl (C=O) groups is 2. The molecule has 6 N–H and O–H groups in total. The summed E-state index contributed by atoms with van der Waals surface area (Å²) in [5, 5.41) is 7.26. The molecule has 1 aromatic carbocycles. The van der Waals surface area contributed by atoms with Crippen molar-refractivity contribution in [3.05, 3.63) is 23.2 Å². The second kappa shape index (κ2) is 9.51. The molecule has 148 valence electrons. The van der Waals surface area contributed by atoms with E-state index in [9.17, 15) is 9.59 Å². The van der Waals surface area contributed by atoms with E-state index in [0.717, 1.165) is 32.6 Å². The predicted molar refractivity (Wildman–Crippen MR) is 115 cm³/mol. The summed E-state index contributed by atoms with van der Waals surface area (Å²) in [6, 6.07) is 4.88. The smallest absolute Gasteiger partial charge is 0.246 e. The Morgan fingerprint density at radius 2 is 2.25 bits per heavy atom. The van der Waals surface area contributed by atoms with Crippen molar-refractivity contribution in [2.75, 3.05) is 24.2 Å². The first-order valence-electron chi connectivity index (χ1n) is 8.71. The van der Waals surface area contributed by atoms with Gasteiger partial charge in [0.25, 0.3) is 0 Å². The Bertz CT molecular complexity index is 921. The van der Waals surface area contributed by atoms with Gasteiger partial charge in [0, 0.05) is 24.5 Å². The Morgan fingerprint density at radius 1 is 1.39 bits per heavy atom. The third-order valence-corrected chi connectivity index (χ3v) is 6.09. The minimum Gasteiger partial charge on any atom is -0.370 e. The number of thioether (sulfide) groups is 1. The van der Waals surface area contributed by atoms with E-state index in [1.54, 1.807) is 29.2 Å². The molecule has 0 saturated carbocycles. The first-order chi connectivity index (χ1) is 13.6. The second-order valence-corrected chi connectivity index (χ2v) is 8.13. The highest BCUT2D eigenvalue weighted by Crippen LogP contribution is 2.29. The number of fused-ring (bicyclic) bond motifs is 1. The molecular weight excluding hydrogens is 398 g/mol. The fourth-order valence-corrected chi connectivity index (χ4v) is 4.60. The molecule has 0 bridgehead atoms. The lowest BCUT2D eigenvalue weighted by molar-refractivity contribution is -0.121. The molecule has 1 unspecified atom stereocenters. The van der Waals surface area contributed by atoms with E-state index in [1.165, 1.54) is 0 Å². The molecule has 2 amide bonds. The largest absolute Gasteiger partial charge is 0.370 e. The van der Waals surface area contributed by atoms with Crippen molar-refractivity contribution in [1.29, 1.82) is 0 Å². The number of aliphatic imine (C=N–C) groups is 2. The second-order valence-electron chi connectivity index (χ2n) is 6.01. The van der Waals surface area contributed by atoms with Crippen LogP contribution in [0, 0.1) is 0 Å². The summed E-state index contributed by atoms with van der Waals surface area (Å²) < 4.78 is 0.968. The van der Waals surface area contributed by atoms with Crippen LogP contribution in [0.15, 0.2) is 28.2 Å². The number of guanidine groups is 1. The molecule has 0 aliphatic carbocycles. The maximum absolute atomic E-state index is 12.5. The SMILES string of the molecule is NC(N)=NCCCC(NC=O)C(=O)Nc1ccc2nc(C3=NCCS3)sc2c1. The van der Waals surface area contributed by atoms with Crippen molar-refractivity contribution in [2.24, 2.45) is 21.5 Å². The van der Waals surface area contributed by atoms with Crippen molar-refractivity contribution in [2.45, 2.75) is 18.9 Å². The molecule has 3 rings (SSSR count). The van der Waals surface area contributed by atoms with E-state index >= 15 is 0 Å². The molecule has 2 aromatic rings. The zero-order chi connectivity index (χ0) is 19.9. The summed E-state index contributed by atoms with van der Waals surface area (Å²) in [6.07, 6.45) is 1.50. The number of nitrogens with one attached hydrogen (secondary N) is 2. The van der Waals surface area contributed by atoms with Crippen molar-refractivity contribution in [3.63, 3.8) is 0 Å². The molecule has 1 aromatic heterocycles. The average molecular weight is 420 g/mol. The molecule has 0 fully saturated rings. The average Bonchev–Trinajstić information content (AvgIpc) is 3.32. The molecule has 1 aliphatic heterocycles. The third-order valence-electron chi connectivity index (χ3n) is 3.96. The normalized spacial score (nSPS) is 14.4. The lowest BCUT2D eigenvalue weighted by Gasteiger charge is -2.15. The van der Waals surface area contributed by atoms with E-state index in [0.29, 0.717) is 31.5 Å². The van der Waals surface area contributed by atoms with Crippen LogP contribution in [-0.2, 0) is 9.59 Å². The Morgan fingerprint density at radius 3 is 2.96 bits per heavy atom. The number of benzene rings is 1. The number of thiazole rings is 1. The molecular formula is C17H21N7O2S2. The van der Waals surface area contributed by atoms with Gasteiger partial charge in [0.05, 0.1) is 10.2 Å². The number of rotatable bonds is 9. The summed E-state index contributed by atoms with van der Waals surface area (Å²) in [5.41, 5.74) is 12.1. The van der Waals surface area contributed by atoms with Crippen LogP contribution in [0.5, 0.6) is 0 Å². The Balaban J connectivity index is 1.66. The van der Waals surface area contributed by atoms with E-state index in [1.807, 2.05) is 12.1 Å². The molecule has 0 radical (unpaired) electrons. The molecule has 28 heavy (non-hydrogen) atoms. The number of aromatic nitrogens is 1. The first kappa shape index (κ1) is 20.1. The Hall–Kier alpha value is -2.66. The minimum absolute atomic E-state index is 0.00328. The van der Waals surface area contributed by atoms with Crippen LogP contribution < -0.4 is 22.1 Å².